The molecule has 0 bridgehead atoms. The summed E-state index contributed by atoms with van der Waals surface area (Å²) in [5.74, 6) is 0.894. The standard InChI is InChI=1S/C16H23F2NO2/c1-2-19-15(9-10-20-11-16(17)18)12-3-5-13(6-4-12)21-14-7-8-14/h3-6,14-16,19H,2,7-11H2,1H3. The highest BCUT2D eigenvalue weighted by molar-refractivity contribution is 5.29. The van der Waals surface area contributed by atoms with Crippen LogP contribution in [0, 0.1) is 0 Å². The van der Waals surface area contributed by atoms with E-state index in [1.807, 2.05) is 31.2 Å². The second-order valence-corrected chi connectivity index (χ2v) is 5.25. The van der Waals surface area contributed by atoms with Gasteiger partial charge in [-0.25, -0.2) is 8.78 Å². The zero-order chi connectivity index (χ0) is 15.1. The fourth-order valence-electron chi connectivity index (χ4n) is 2.16. The number of hydrogen-bond donors (Lipinski definition) is 1. The second kappa shape index (κ2) is 8.29. The molecule has 1 aliphatic rings. The third-order valence-corrected chi connectivity index (χ3v) is 3.35. The summed E-state index contributed by atoms with van der Waals surface area (Å²) < 4.78 is 34.7. The number of halogens is 2. The first-order chi connectivity index (χ1) is 10.2. The Morgan fingerprint density at radius 3 is 2.52 bits per heavy atom. The summed E-state index contributed by atoms with van der Waals surface area (Å²) in [6.45, 7) is 2.67. The topological polar surface area (TPSA) is 30.5 Å². The van der Waals surface area contributed by atoms with Gasteiger partial charge in [0.2, 0.25) is 0 Å². The number of nitrogens with one attached hydrogen (secondary N) is 1. The van der Waals surface area contributed by atoms with Crippen LogP contribution in [-0.4, -0.2) is 32.3 Å². The average molecular weight is 299 g/mol. The molecule has 2 rings (SSSR count). The number of benzene rings is 1. The Labute approximate surface area is 124 Å². The second-order valence-electron chi connectivity index (χ2n) is 5.25. The van der Waals surface area contributed by atoms with E-state index < -0.39 is 13.0 Å². The molecule has 1 aromatic carbocycles. The van der Waals surface area contributed by atoms with Crippen molar-refractivity contribution in [3.63, 3.8) is 0 Å². The number of ether oxygens (including phenoxy) is 2. The Hall–Kier alpha value is -1.20. The van der Waals surface area contributed by atoms with Gasteiger partial charge >= 0.3 is 0 Å². The van der Waals surface area contributed by atoms with E-state index in [1.54, 1.807) is 0 Å². The van der Waals surface area contributed by atoms with Crippen LogP contribution >= 0.6 is 0 Å². The maximum Gasteiger partial charge on any atom is 0.261 e. The Kier molecular flexibility index (Phi) is 6.39. The largest absolute Gasteiger partial charge is 0.490 e. The monoisotopic (exact) mass is 299 g/mol. The van der Waals surface area contributed by atoms with Gasteiger partial charge < -0.3 is 14.8 Å². The summed E-state index contributed by atoms with van der Waals surface area (Å²) in [4.78, 5) is 0. The third kappa shape index (κ3) is 5.98. The van der Waals surface area contributed by atoms with E-state index in [1.165, 1.54) is 0 Å². The minimum absolute atomic E-state index is 0.114. The van der Waals surface area contributed by atoms with Gasteiger partial charge in [-0.1, -0.05) is 19.1 Å². The van der Waals surface area contributed by atoms with Crippen molar-refractivity contribution in [3.05, 3.63) is 29.8 Å². The average Bonchev–Trinajstić information content (AvgIpc) is 3.27. The van der Waals surface area contributed by atoms with E-state index in [-0.39, 0.29) is 6.04 Å². The highest BCUT2D eigenvalue weighted by Crippen LogP contribution is 2.28. The van der Waals surface area contributed by atoms with Crippen LogP contribution in [0.25, 0.3) is 0 Å². The molecule has 0 radical (unpaired) electrons. The minimum Gasteiger partial charge on any atom is -0.490 e. The Bertz CT molecular complexity index is 407. The summed E-state index contributed by atoms with van der Waals surface area (Å²) >= 11 is 0. The fraction of sp³-hybridized carbons (Fsp3) is 0.625. The third-order valence-electron chi connectivity index (χ3n) is 3.35. The molecule has 0 aliphatic heterocycles. The molecule has 0 aromatic heterocycles. The summed E-state index contributed by atoms with van der Waals surface area (Å²) in [6.07, 6.45) is 0.945. The van der Waals surface area contributed by atoms with E-state index in [0.29, 0.717) is 19.1 Å². The van der Waals surface area contributed by atoms with E-state index in [4.69, 9.17) is 9.47 Å². The van der Waals surface area contributed by atoms with Crippen LogP contribution in [0.1, 0.15) is 37.8 Å². The molecular weight excluding hydrogens is 276 g/mol. The van der Waals surface area contributed by atoms with E-state index >= 15 is 0 Å². The van der Waals surface area contributed by atoms with Crippen LogP contribution < -0.4 is 10.1 Å². The van der Waals surface area contributed by atoms with Crippen molar-refractivity contribution in [2.45, 2.75) is 44.8 Å². The molecule has 1 N–H and O–H groups in total. The number of rotatable bonds is 10. The van der Waals surface area contributed by atoms with Crippen molar-refractivity contribution in [2.75, 3.05) is 19.8 Å². The summed E-state index contributed by atoms with van der Waals surface area (Å²) in [5.41, 5.74) is 1.13. The van der Waals surface area contributed by atoms with Crippen LogP contribution in [0.2, 0.25) is 0 Å². The van der Waals surface area contributed by atoms with Crippen LogP contribution in [0.5, 0.6) is 5.75 Å². The van der Waals surface area contributed by atoms with Gasteiger partial charge in [-0.3, -0.25) is 0 Å². The zero-order valence-electron chi connectivity index (χ0n) is 12.4. The lowest BCUT2D eigenvalue weighted by Crippen LogP contribution is -2.22. The summed E-state index contributed by atoms with van der Waals surface area (Å²) in [5, 5.41) is 3.35. The Balaban J connectivity index is 1.83. The SMILES string of the molecule is CCNC(CCOCC(F)F)c1ccc(OC2CC2)cc1. The summed E-state index contributed by atoms with van der Waals surface area (Å²) in [7, 11) is 0. The molecule has 1 aliphatic carbocycles. The van der Waals surface area contributed by atoms with Gasteiger partial charge in [0, 0.05) is 12.6 Å². The molecule has 0 amide bonds. The molecule has 1 fully saturated rings. The van der Waals surface area contributed by atoms with E-state index in [2.05, 4.69) is 5.32 Å². The van der Waals surface area contributed by atoms with E-state index in [0.717, 1.165) is 30.7 Å². The minimum atomic E-state index is -2.40. The van der Waals surface area contributed by atoms with Crippen molar-refractivity contribution in [2.24, 2.45) is 0 Å². The van der Waals surface area contributed by atoms with E-state index in [9.17, 15) is 8.78 Å². The molecule has 1 saturated carbocycles. The maximum absolute atomic E-state index is 12.0. The van der Waals surface area contributed by atoms with Gasteiger partial charge in [-0.05, 0) is 43.5 Å². The van der Waals surface area contributed by atoms with Crippen molar-refractivity contribution in [1.29, 1.82) is 0 Å². The normalized spacial score (nSPS) is 16.2. The van der Waals surface area contributed by atoms with Gasteiger partial charge in [0.05, 0.1) is 6.10 Å². The molecule has 1 aromatic rings. The highest BCUT2D eigenvalue weighted by atomic mass is 19.3. The van der Waals surface area contributed by atoms with Crippen molar-refractivity contribution >= 4 is 0 Å². The quantitative estimate of drug-likeness (QED) is 0.670. The van der Waals surface area contributed by atoms with Crippen LogP contribution in [0.4, 0.5) is 8.78 Å². The first-order valence-electron chi connectivity index (χ1n) is 7.55. The van der Waals surface area contributed by atoms with Crippen LogP contribution in [0.3, 0.4) is 0 Å². The number of hydrogen-bond acceptors (Lipinski definition) is 3. The first kappa shape index (κ1) is 16.2. The maximum atomic E-state index is 12.0. The summed E-state index contributed by atoms with van der Waals surface area (Å²) in [6, 6.07) is 8.11. The molecule has 5 heteroatoms. The van der Waals surface area contributed by atoms with Crippen LogP contribution in [-0.2, 0) is 4.74 Å². The fourth-order valence-corrected chi connectivity index (χ4v) is 2.16. The highest BCUT2D eigenvalue weighted by Gasteiger charge is 2.23. The van der Waals surface area contributed by atoms with Gasteiger partial charge in [-0.15, -0.1) is 0 Å². The van der Waals surface area contributed by atoms with Crippen LogP contribution in [0.15, 0.2) is 24.3 Å². The predicted octanol–water partition coefficient (Wildman–Crippen LogP) is 3.55. The molecule has 0 saturated heterocycles. The molecular formula is C16H23F2NO2. The van der Waals surface area contributed by atoms with Gasteiger partial charge in [0.15, 0.2) is 0 Å². The molecule has 0 heterocycles. The lowest BCUT2D eigenvalue weighted by atomic mass is 10.0. The van der Waals surface area contributed by atoms with Gasteiger partial charge in [-0.2, -0.15) is 0 Å². The Morgan fingerprint density at radius 1 is 1.24 bits per heavy atom. The smallest absolute Gasteiger partial charge is 0.261 e. The van der Waals surface area contributed by atoms with Gasteiger partial charge in [0.1, 0.15) is 12.4 Å². The lowest BCUT2D eigenvalue weighted by Gasteiger charge is -2.19. The van der Waals surface area contributed by atoms with Crippen molar-refractivity contribution < 1.29 is 18.3 Å². The molecule has 1 atom stereocenters. The molecule has 21 heavy (non-hydrogen) atoms. The molecule has 0 spiro atoms. The zero-order valence-corrected chi connectivity index (χ0v) is 12.4. The van der Waals surface area contributed by atoms with Crippen molar-refractivity contribution in [1.82, 2.24) is 5.32 Å². The molecule has 3 nitrogen and oxygen atoms in total. The molecule has 118 valence electrons. The Morgan fingerprint density at radius 2 is 1.95 bits per heavy atom. The molecule has 1 unspecified atom stereocenters. The van der Waals surface area contributed by atoms with Gasteiger partial charge in [0.25, 0.3) is 6.43 Å². The first-order valence-corrected chi connectivity index (χ1v) is 7.55. The lowest BCUT2D eigenvalue weighted by molar-refractivity contribution is 0.0144. The predicted molar refractivity (Wildman–Crippen MR) is 77.9 cm³/mol. The van der Waals surface area contributed by atoms with Crippen molar-refractivity contribution in [3.8, 4) is 5.75 Å². The number of alkyl halides is 2.